The summed E-state index contributed by atoms with van der Waals surface area (Å²) in [5, 5.41) is 8.96. The Kier molecular flexibility index (Phi) is 4.03. The van der Waals surface area contributed by atoms with Gasteiger partial charge in [0.05, 0.1) is 6.07 Å². The van der Waals surface area contributed by atoms with Crippen molar-refractivity contribution in [3.8, 4) is 6.07 Å². The van der Waals surface area contributed by atoms with Crippen LogP contribution in [0.1, 0.15) is 32.6 Å². The van der Waals surface area contributed by atoms with Crippen LogP contribution in [0.3, 0.4) is 0 Å². The molecule has 0 aromatic heterocycles. The zero-order valence-corrected chi connectivity index (χ0v) is 10.9. The molecule has 4 nitrogen and oxygen atoms in total. The summed E-state index contributed by atoms with van der Waals surface area (Å²) < 4.78 is 0. The number of likely N-dealkylation sites (tertiary alicyclic amines) is 2. The minimum atomic E-state index is -0.698. The van der Waals surface area contributed by atoms with E-state index in [4.69, 9.17) is 11.0 Å². The monoisotopic (exact) mass is 236 g/mol. The first-order chi connectivity index (χ1) is 8.11. The van der Waals surface area contributed by atoms with Crippen molar-refractivity contribution in [2.75, 3.05) is 32.7 Å². The number of hydrogen-bond acceptors (Lipinski definition) is 4. The van der Waals surface area contributed by atoms with E-state index in [1.165, 1.54) is 38.8 Å². The minimum absolute atomic E-state index is 0.698. The fraction of sp³-hybridized carbons (Fsp3) is 0.923. The van der Waals surface area contributed by atoms with Crippen molar-refractivity contribution in [3.63, 3.8) is 0 Å². The van der Waals surface area contributed by atoms with E-state index in [-0.39, 0.29) is 0 Å². The fourth-order valence-electron chi connectivity index (χ4n) is 3.04. The van der Waals surface area contributed by atoms with Gasteiger partial charge in [-0.3, -0.25) is 9.80 Å². The fourth-order valence-corrected chi connectivity index (χ4v) is 3.04. The van der Waals surface area contributed by atoms with Crippen LogP contribution in [0, 0.1) is 11.3 Å². The summed E-state index contributed by atoms with van der Waals surface area (Å²) in [6.45, 7) is 7.23. The molecule has 0 aromatic rings. The van der Waals surface area contributed by atoms with Crippen LogP contribution in [0.2, 0.25) is 0 Å². The summed E-state index contributed by atoms with van der Waals surface area (Å²) in [6.07, 6.45) is 5.33. The van der Waals surface area contributed by atoms with Gasteiger partial charge >= 0.3 is 0 Å². The van der Waals surface area contributed by atoms with Gasteiger partial charge in [0.2, 0.25) is 0 Å². The van der Waals surface area contributed by atoms with E-state index in [0.717, 1.165) is 13.1 Å². The highest BCUT2D eigenvalue weighted by molar-refractivity contribution is 5.04. The summed E-state index contributed by atoms with van der Waals surface area (Å²) in [7, 11) is 0. The lowest BCUT2D eigenvalue weighted by molar-refractivity contribution is 0.159. The summed E-state index contributed by atoms with van der Waals surface area (Å²) in [4.78, 5) is 4.98. The summed E-state index contributed by atoms with van der Waals surface area (Å²) in [5.41, 5.74) is 5.21. The van der Waals surface area contributed by atoms with E-state index in [1.54, 1.807) is 0 Å². The van der Waals surface area contributed by atoms with Gasteiger partial charge in [-0.25, -0.2) is 0 Å². The number of hydrogen-bond donors (Lipinski definition) is 1. The molecule has 2 fully saturated rings. The van der Waals surface area contributed by atoms with Crippen LogP contribution < -0.4 is 5.73 Å². The Labute approximate surface area is 104 Å². The molecule has 96 valence electrons. The highest BCUT2D eigenvalue weighted by Crippen LogP contribution is 2.20. The van der Waals surface area contributed by atoms with Crippen molar-refractivity contribution in [3.05, 3.63) is 0 Å². The molecule has 2 saturated heterocycles. The predicted molar refractivity (Wildman–Crippen MR) is 68.5 cm³/mol. The molecule has 0 aliphatic carbocycles. The molecule has 0 saturated carbocycles. The van der Waals surface area contributed by atoms with E-state index in [0.29, 0.717) is 12.6 Å². The van der Waals surface area contributed by atoms with Crippen molar-refractivity contribution in [2.45, 2.75) is 44.2 Å². The lowest BCUT2D eigenvalue weighted by atomic mass is 10.1. The number of nitrogens with zero attached hydrogens (tertiary/aromatic N) is 3. The van der Waals surface area contributed by atoms with Crippen LogP contribution in [-0.4, -0.2) is 54.1 Å². The van der Waals surface area contributed by atoms with Gasteiger partial charge in [0.1, 0.15) is 5.54 Å². The quantitative estimate of drug-likeness (QED) is 0.787. The summed E-state index contributed by atoms with van der Waals surface area (Å²) >= 11 is 0. The Morgan fingerprint density at radius 3 is 2.65 bits per heavy atom. The lowest BCUT2D eigenvalue weighted by Gasteiger charge is -2.32. The smallest absolute Gasteiger partial charge is 0.114 e. The molecule has 2 atom stereocenters. The average Bonchev–Trinajstić information content (AvgIpc) is 2.78. The van der Waals surface area contributed by atoms with Gasteiger partial charge in [0.15, 0.2) is 0 Å². The van der Waals surface area contributed by atoms with Crippen molar-refractivity contribution in [1.29, 1.82) is 5.26 Å². The third-order valence-electron chi connectivity index (χ3n) is 3.96. The molecule has 0 aromatic carbocycles. The molecule has 2 rings (SSSR count). The number of rotatable bonds is 3. The molecule has 2 aliphatic heterocycles. The number of nitriles is 1. The predicted octanol–water partition coefficient (Wildman–Crippen LogP) is 0.788. The van der Waals surface area contributed by atoms with Crippen molar-refractivity contribution < 1.29 is 0 Å². The number of piperidine rings is 1. The molecule has 0 bridgehead atoms. The van der Waals surface area contributed by atoms with Crippen LogP contribution in [0.25, 0.3) is 0 Å². The SMILES string of the molecule is CC(N)(C#N)CN1CCC(N2CCCCC2)C1. The molecule has 0 radical (unpaired) electrons. The van der Waals surface area contributed by atoms with E-state index >= 15 is 0 Å². The molecule has 2 aliphatic rings. The Bertz CT molecular complexity index is 288. The minimum Gasteiger partial charge on any atom is -0.313 e. The molecular formula is C13H24N4. The van der Waals surface area contributed by atoms with Crippen molar-refractivity contribution >= 4 is 0 Å². The maximum absolute atomic E-state index is 8.96. The largest absolute Gasteiger partial charge is 0.313 e. The first-order valence-corrected chi connectivity index (χ1v) is 6.77. The average molecular weight is 236 g/mol. The third kappa shape index (κ3) is 3.41. The molecule has 4 heteroatoms. The molecule has 2 unspecified atom stereocenters. The Hall–Kier alpha value is -0.630. The normalized spacial score (nSPS) is 31.0. The van der Waals surface area contributed by atoms with Crippen LogP contribution >= 0.6 is 0 Å². The zero-order valence-electron chi connectivity index (χ0n) is 10.9. The molecular weight excluding hydrogens is 212 g/mol. The van der Waals surface area contributed by atoms with E-state index in [1.807, 2.05) is 6.92 Å². The van der Waals surface area contributed by atoms with Gasteiger partial charge in [-0.15, -0.1) is 0 Å². The van der Waals surface area contributed by atoms with Crippen molar-refractivity contribution in [2.24, 2.45) is 5.73 Å². The standard InChI is InChI=1S/C13H24N4/c1-13(15,10-14)11-16-8-5-12(9-16)17-6-3-2-4-7-17/h12H,2-9,11,15H2,1H3. The lowest BCUT2D eigenvalue weighted by Crippen LogP contribution is -2.47. The first-order valence-electron chi connectivity index (χ1n) is 6.77. The second-order valence-electron chi connectivity index (χ2n) is 5.80. The Morgan fingerprint density at radius 1 is 1.29 bits per heavy atom. The van der Waals surface area contributed by atoms with E-state index in [2.05, 4.69) is 15.9 Å². The van der Waals surface area contributed by atoms with Gasteiger partial charge in [0, 0.05) is 19.1 Å². The first kappa shape index (κ1) is 12.8. The van der Waals surface area contributed by atoms with E-state index < -0.39 is 5.54 Å². The zero-order chi connectivity index (χ0) is 12.3. The van der Waals surface area contributed by atoms with Crippen LogP contribution in [0.5, 0.6) is 0 Å². The van der Waals surface area contributed by atoms with Crippen molar-refractivity contribution in [1.82, 2.24) is 9.80 Å². The molecule has 2 heterocycles. The second kappa shape index (κ2) is 5.34. The van der Waals surface area contributed by atoms with Crippen LogP contribution in [0.15, 0.2) is 0 Å². The van der Waals surface area contributed by atoms with Crippen LogP contribution in [0.4, 0.5) is 0 Å². The van der Waals surface area contributed by atoms with Crippen LogP contribution in [-0.2, 0) is 0 Å². The third-order valence-corrected chi connectivity index (χ3v) is 3.96. The van der Waals surface area contributed by atoms with Gasteiger partial charge in [-0.1, -0.05) is 6.42 Å². The molecule has 2 N–H and O–H groups in total. The van der Waals surface area contributed by atoms with Gasteiger partial charge < -0.3 is 5.73 Å². The maximum Gasteiger partial charge on any atom is 0.114 e. The highest BCUT2D eigenvalue weighted by atomic mass is 15.3. The summed E-state index contributed by atoms with van der Waals surface area (Å²) in [6, 6.07) is 2.88. The second-order valence-corrected chi connectivity index (χ2v) is 5.80. The highest BCUT2D eigenvalue weighted by Gasteiger charge is 2.31. The molecule has 0 spiro atoms. The van der Waals surface area contributed by atoms with Gasteiger partial charge in [0.25, 0.3) is 0 Å². The Balaban J connectivity index is 1.81. The number of nitrogens with two attached hydrogens (primary N) is 1. The topological polar surface area (TPSA) is 56.3 Å². The molecule has 17 heavy (non-hydrogen) atoms. The van der Waals surface area contributed by atoms with E-state index in [9.17, 15) is 0 Å². The Morgan fingerprint density at radius 2 is 2.00 bits per heavy atom. The summed E-state index contributed by atoms with van der Waals surface area (Å²) in [5.74, 6) is 0. The van der Waals surface area contributed by atoms with Gasteiger partial charge in [-0.05, 0) is 45.8 Å². The molecule has 0 amide bonds. The maximum atomic E-state index is 8.96. The van der Waals surface area contributed by atoms with Gasteiger partial charge in [-0.2, -0.15) is 5.26 Å².